The number of piperidine rings is 1. The lowest BCUT2D eigenvalue weighted by Crippen LogP contribution is -2.49. The third-order valence-corrected chi connectivity index (χ3v) is 7.62. The first-order valence-corrected chi connectivity index (χ1v) is 11.5. The van der Waals surface area contributed by atoms with Crippen LogP contribution in [0.25, 0.3) is 11.0 Å². The number of fused-ring (bicyclic) bond motifs is 2. The Bertz CT molecular complexity index is 958. The number of aromatic nitrogens is 1. The van der Waals surface area contributed by atoms with Crippen LogP contribution in [-0.4, -0.2) is 58.3 Å². The van der Waals surface area contributed by atoms with E-state index in [-0.39, 0.29) is 42.1 Å². The Labute approximate surface area is 181 Å². The SMILES string of the molecule is C=C1[C@@H]2CCCC[C@@H]2C(=O)N1CC(CO)N1CCC(c2noc3cc(F)ccc23)CC1. The number of hydrogen-bond donors (Lipinski definition) is 1. The van der Waals surface area contributed by atoms with E-state index >= 15 is 0 Å². The highest BCUT2D eigenvalue weighted by Gasteiger charge is 2.45. The molecule has 3 fully saturated rings. The number of likely N-dealkylation sites (tertiary alicyclic amines) is 2. The maximum Gasteiger partial charge on any atom is 0.230 e. The van der Waals surface area contributed by atoms with Crippen molar-refractivity contribution >= 4 is 16.9 Å². The number of nitrogens with zero attached hydrogens (tertiary/aromatic N) is 3. The van der Waals surface area contributed by atoms with E-state index in [2.05, 4.69) is 16.6 Å². The molecule has 1 N–H and O–H groups in total. The van der Waals surface area contributed by atoms with Gasteiger partial charge in [-0.3, -0.25) is 9.69 Å². The van der Waals surface area contributed by atoms with Crippen LogP contribution in [0.3, 0.4) is 0 Å². The Morgan fingerprint density at radius 1 is 1.19 bits per heavy atom. The summed E-state index contributed by atoms with van der Waals surface area (Å²) in [7, 11) is 0. The van der Waals surface area contributed by atoms with Crippen LogP contribution in [-0.2, 0) is 4.79 Å². The van der Waals surface area contributed by atoms with E-state index in [1.54, 1.807) is 6.07 Å². The Kier molecular flexibility index (Phi) is 5.56. The molecule has 7 heteroatoms. The van der Waals surface area contributed by atoms with Gasteiger partial charge in [0.1, 0.15) is 5.82 Å². The molecule has 0 radical (unpaired) electrons. The van der Waals surface area contributed by atoms with Gasteiger partial charge in [-0.1, -0.05) is 24.6 Å². The van der Waals surface area contributed by atoms with Gasteiger partial charge >= 0.3 is 0 Å². The van der Waals surface area contributed by atoms with E-state index in [1.807, 2.05) is 4.90 Å². The van der Waals surface area contributed by atoms with Crippen LogP contribution in [0.5, 0.6) is 0 Å². The second-order valence-electron chi connectivity index (χ2n) is 9.29. The minimum Gasteiger partial charge on any atom is -0.395 e. The molecule has 5 rings (SSSR count). The predicted octanol–water partition coefficient (Wildman–Crippen LogP) is 3.67. The highest BCUT2D eigenvalue weighted by Crippen LogP contribution is 2.43. The number of hydrogen-bond acceptors (Lipinski definition) is 5. The summed E-state index contributed by atoms with van der Waals surface area (Å²) in [5.41, 5.74) is 2.32. The summed E-state index contributed by atoms with van der Waals surface area (Å²) in [4.78, 5) is 17.1. The first-order chi connectivity index (χ1) is 15.1. The van der Waals surface area contributed by atoms with Gasteiger partial charge in [0.15, 0.2) is 5.58 Å². The summed E-state index contributed by atoms with van der Waals surface area (Å²) in [6.45, 7) is 6.40. The highest BCUT2D eigenvalue weighted by atomic mass is 19.1. The fourth-order valence-electron chi connectivity index (χ4n) is 5.84. The molecule has 0 bridgehead atoms. The van der Waals surface area contributed by atoms with Crippen molar-refractivity contribution in [2.24, 2.45) is 11.8 Å². The number of rotatable bonds is 5. The average molecular weight is 428 g/mol. The molecule has 1 aromatic heterocycles. The molecule has 3 heterocycles. The Balaban J connectivity index is 1.24. The van der Waals surface area contributed by atoms with Gasteiger partial charge in [0.05, 0.1) is 18.3 Å². The molecular formula is C24H30FN3O3. The van der Waals surface area contributed by atoms with E-state index in [0.29, 0.717) is 12.1 Å². The molecular weight excluding hydrogens is 397 g/mol. The molecule has 31 heavy (non-hydrogen) atoms. The number of aliphatic hydroxyl groups is 1. The zero-order chi connectivity index (χ0) is 21.5. The quantitative estimate of drug-likeness (QED) is 0.789. The van der Waals surface area contributed by atoms with E-state index in [1.165, 1.54) is 18.6 Å². The standard InChI is InChI=1S/C24H30FN3O3/c1-15-19-4-2-3-5-20(19)24(30)28(15)13-18(14-29)27-10-8-16(9-11-27)23-21-7-6-17(25)12-22(21)31-26-23/h6-7,12,16,18-20,29H,1-5,8-11,13-14H2/t18?,19-,20-/m0/s1. The molecule has 2 saturated heterocycles. The monoisotopic (exact) mass is 427 g/mol. The number of aliphatic hydroxyl groups excluding tert-OH is 1. The van der Waals surface area contributed by atoms with Crippen molar-refractivity contribution in [1.29, 1.82) is 0 Å². The molecule has 1 aliphatic carbocycles. The predicted molar refractivity (Wildman–Crippen MR) is 115 cm³/mol. The molecule has 1 amide bonds. The van der Waals surface area contributed by atoms with E-state index in [9.17, 15) is 14.3 Å². The number of carbonyl (C=O) groups excluding carboxylic acids is 1. The summed E-state index contributed by atoms with van der Waals surface area (Å²) >= 11 is 0. The van der Waals surface area contributed by atoms with Crippen LogP contribution >= 0.6 is 0 Å². The summed E-state index contributed by atoms with van der Waals surface area (Å²) in [5.74, 6) is 0.500. The van der Waals surface area contributed by atoms with Crippen molar-refractivity contribution in [3.8, 4) is 0 Å². The number of amides is 1. The molecule has 1 aromatic carbocycles. The van der Waals surface area contributed by atoms with E-state index in [0.717, 1.165) is 62.0 Å². The molecule has 3 aliphatic rings. The van der Waals surface area contributed by atoms with Crippen molar-refractivity contribution in [3.63, 3.8) is 0 Å². The molecule has 2 aliphatic heterocycles. The summed E-state index contributed by atoms with van der Waals surface area (Å²) in [6.07, 6.45) is 6.07. The van der Waals surface area contributed by atoms with E-state index < -0.39 is 0 Å². The smallest absolute Gasteiger partial charge is 0.230 e. The first kappa shape index (κ1) is 20.6. The number of halogens is 1. The molecule has 166 valence electrons. The Morgan fingerprint density at radius 3 is 2.65 bits per heavy atom. The molecule has 2 aromatic rings. The van der Waals surface area contributed by atoms with Crippen molar-refractivity contribution < 1.29 is 18.8 Å². The summed E-state index contributed by atoms with van der Waals surface area (Å²) < 4.78 is 18.8. The normalized spacial score (nSPS) is 26.6. The van der Waals surface area contributed by atoms with Crippen molar-refractivity contribution in [2.75, 3.05) is 26.2 Å². The van der Waals surface area contributed by atoms with Crippen LogP contribution in [0.4, 0.5) is 4.39 Å². The largest absolute Gasteiger partial charge is 0.395 e. The van der Waals surface area contributed by atoms with Gasteiger partial charge in [-0.2, -0.15) is 0 Å². The fourth-order valence-corrected chi connectivity index (χ4v) is 5.84. The van der Waals surface area contributed by atoms with Gasteiger partial charge in [0, 0.05) is 41.4 Å². The average Bonchev–Trinajstić information content (AvgIpc) is 3.31. The van der Waals surface area contributed by atoms with E-state index in [4.69, 9.17) is 4.52 Å². The van der Waals surface area contributed by atoms with Gasteiger partial charge in [-0.25, -0.2) is 4.39 Å². The summed E-state index contributed by atoms with van der Waals surface area (Å²) in [5, 5.41) is 15.2. The molecule has 6 nitrogen and oxygen atoms in total. The van der Waals surface area contributed by atoms with Crippen molar-refractivity contribution in [1.82, 2.24) is 15.0 Å². The maximum atomic E-state index is 13.4. The third-order valence-electron chi connectivity index (χ3n) is 7.62. The maximum absolute atomic E-state index is 13.4. The van der Waals surface area contributed by atoms with Crippen molar-refractivity contribution in [2.45, 2.75) is 50.5 Å². The fraction of sp³-hybridized carbons (Fsp3) is 0.583. The van der Waals surface area contributed by atoms with Gasteiger partial charge in [0.25, 0.3) is 0 Å². The Morgan fingerprint density at radius 2 is 1.94 bits per heavy atom. The minimum atomic E-state index is -0.325. The second-order valence-corrected chi connectivity index (χ2v) is 9.29. The van der Waals surface area contributed by atoms with Gasteiger partial charge in [-0.05, 0) is 50.9 Å². The molecule has 1 saturated carbocycles. The molecule has 1 unspecified atom stereocenters. The lowest BCUT2D eigenvalue weighted by atomic mass is 9.80. The van der Waals surface area contributed by atoms with Crippen LogP contribution in [0.15, 0.2) is 35.0 Å². The Hall–Kier alpha value is -2.25. The minimum absolute atomic E-state index is 0.0171. The molecule has 0 spiro atoms. The van der Waals surface area contributed by atoms with Crippen LogP contribution in [0, 0.1) is 17.7 Å². The first-order valence-electron chi connectivity index (χ1n) is 11.5. The molecule has 3 atom stereocenters. The second kappa shape index (κ2) is 8.36. The summed E-state index contributed by atoms with van der Waals surface area (Å²) in [6, 6.07) is 4.46. The zero-order valence-electron chi connectivity index (χ0n) is 17.8. The highest BCUT2D eigenvalue weighted by molar-refractivity contribution is 5.84. The van der Waals surface area contributed by atoms with Crippen LogP contribution in [0.2, 0.25) is 0 Å². The van der Waals surface area contributed by atoms with Gasteiger partial charge in [0.2, 0.25) is 5.91 Å². The zero-order valence-corrected chi connectivity index (χ0v) is 17.8. The number of benzene rings is 1. The van der Waals surface area contributed by atoms with Crippen LogP contribution in [0.1, 0.15) is 50.1 Å². The third kappa shape index (κ3) is 3.68. The number of allylic oxidation sites excluding steroid dienone is 1. The van der Waals surface area contributed by atoms with Crippen LogP contribution < -0.4 is 0 Å². The lowest BCUT2D eigenvalue weighted by molar-refractivity contribution is -0.131. The van der Waals surface area contributed by atoms with Gasteiger partial charge < -0.3 is 14.5 Å². The lowest BCUT2D eigenvalue weighted by Gasteiger charge is -2.38. The number of carbonyl (C=O) groups is 1. The van der Waals surface area contributed by atoms with Gasteiger partial charge in [-0.15, -0.1) is 0 Å². The van der Waals surface area contributed by atoms with Crippen molar-refractivity contribution in [3.05, 3.63) is 42.0 Å². The topological polar surface area (TPSA) is 69.8 Å².